The van der Waals surface area contributed by atoms with Crippen LogP contribution in [0.4, 0.5) is 0 Å². The molecular weight excluding hydrogens is 446 g/mol. The van der Waals surface area contributed by atoms with Crippen LogP contribution in [0, 0.1) is 17.8 Å². The van der Waals surface area contributed by atoms with Gasteiger partial charge in [-0.25, -0.2) is 4.68 Å². The lowest BCUT2D eigenvalue weighted by Crippen LogP contribution is -2.49. The molecule has 1 saturated carbocycles. The van der Waals surface area contributed by atoms with Gasteiger partial charge in [0.25, 0.3) is 5.91 Å². The number of carbonyl (C=O) groups is 3. The summed E-state index contributed by atoms with van der Waals surface area (Å²) in [5, 5.41) is 10.4. The lowest BCUT2D eigenvalue weighted by Gasteiger charge is -2.34. The van der Waals surface area contributed by atoms with E-state index in [-0.39, 0.29) is 35.5 Å². The molecule has 0 bridgehead atoms. The second-order valence-corrected chi connectivity index (χ2v) is 10.9. The Balaban J connectivity index is 2.28. The van der Waals surface area contributed by atoms with E-state index in [0.717, 1.165) is 19.3 Å². The molecule has 0 radical (unpaired) electrons. The van der Waals surface area contributed by atoms with Gasteiger partial charge in [-0.3, -0.25) is 14.4 Å². The van der Waals surface area contributed by atoms with E-state index in [1.54, 1.807) is 12.3 Å². The van der Waals surface area contributed by atoms with Crippen molar-refractivity contribution in [3.05, 3.63) is 17.8 Å². The standard InChI is InChI=1S/C26H43N5O4/c1-8-19(22(27)33)14-20-10-9-11-26(20,7)30-23(34)21-15-28-31(24(21)35-16-17(2)3)13-12-25(5,6)29-18(4)32/h12-13,15,17,19-20H,8-11,14,16H2,1-7H3,(H2,27,33)(H,29,32)(H,30,34)/b13-12+/t19-,20?,26+/m1/s1. The van der Waals surface area contributed by atoms with Gasteiger partial charge < -0.3 is 21.1 Å². The van der Waals surface area contributed by atoms with Crippen LogP contribution in [-0.4, -0.2) is 45.2 Å². The van der Waals surface area contributed by atoms with Crippen LogP contribution >= 0.6 is 0 Å². The van der Waals surface area contributed by atoms with E-state index in [9.17, 15) is 14.4 Å². The highest BCUT2D eigenvalue weighted by Crippen LogP contribution is 2.40. The Morgan fingerprint density at radius 2 is 2.06 bits per heavy atom. The maximum atomic E-state index is 13.4. The van der Waals surface area contributed by atoms with Gasteiger partial charge in [0.2, 0.25) is 17.7 Å². The first-order valence-electron chi connectivity index (χ1n) is 12.6. The molecule has 0 saturated heterocycles. The summed E-state index contributed by atoms with van der Waals surface area (Å²) in [5.74, 6) is -0.106. The highest BCUT2D eigenvalue weighted by Gasteiger charge is 2.42. The summed E-state index contributed by atoms with van der Waals surface area (Å²) in [6, 6.07) is 0. The van der Waals surface area contributed by atoms with Crippen LogP contribution in [0.25, 0.3) is 6.20 Å². The molecule has 1 fully saturated rings. The number of ether oxygens (including phenoxy) is 1. The molecule has 3 amide bonds. The van der Waals surface area contributed by atoms with Gasteiger partial charge in [-0.05, 0) is 64.4 Å². The molecule has 196 valence electrons. The number of amides is 3. The van der Waals surface area contributed by atoms with Crippen LogP contribution in [0.3, 0.4) is 0 Å². The van der Waals surface area contributed by atoms with Gasteiger partial charge in [-0.1, -0.05) is 27.2 Å². The second kappa shape index (κ2) is 11.7. The Morgan fingerprint density at radius 3 is 2.63 bits per heavy atom. The van der Waals surface area contributed by atoms with Crippen molar-refractivity contribution >= 4 is 23.9 Å². The quantitative estimate of drug-likeness (QED) is 0.414. The molecule has 1 aromatic rings. The van der Waals surface area contributed by atoms with Crippen molar-refractivity contribution < 1.29 is 19.1 Å². The number of rotatable bonds is 12. The smallest absolute Gasteiger partial charge is 0.258 e. The first kappa shape index (κ1) is 28.4. The number of hydrogen-bond donors (Lipinski definition) is 3. The summed E-state index contributed by atoms with van der Waals surface area (Å²) in [6.07, 6.45) is 9.11. The van der Waals surface area contributed by atoms with Gasteiger partial charge in [0.1, 0.15) is 5.56 Å². The molecule has 1 aliphatic carbocycles. The molecule has 1 aliphatic rings. The van der Waals surface area contributed by atoms with Crippen LogP contribution in [-0.2, 0) is 9.59 Å². The van der Waals surface area contributed by atoms with Crippen molar-refractivity contribution in [2.24, 2.45) is 23.5 Å². The van der Waals surface area contributed by atoms with Gasteiger partial charge in [0, 0.05) is 24.6 Å². The van der Waals surface area contributed by atoms with Crippen molar-refractivity contribution in [2.45, 2.75) is 91.6 Å². The first-order valence-corrected chi connectivity index (χ1v) is 12.6. The third-order valence-corrected chi connectivity index (χ3v) is 6.69. The number of nitrogens with two attached hydrogens (primary N) is 1. The number of aromatic nitrogens is 2. The van der Waals surface area contributed by atoms with Crippen molar-refractivity contribution in [1.29, 1.82) is 0 Å². The predicted molar refractivity (Wildman–Crippen MR) is 137 cm³/mol. The second-order valence-electron chi connectivity index (χ2n) is 10.9. The Bertz CT molecular complexity index is 936. The Hall–Kier alpha value is -2.84. The van der Waals surface area contributed by atoms with Crippen molar-refractivity contribution in [3.63, 3.8) is 0 Å². The van der Waals surface area contributed by atoms with E-state index in [2.05, 4.69) is 15.7 Å². The Morgan fingerprint density at radius 1 is 1.37 bits per heavy atom. The summed E-state index contributed by atoms with van der Waals surface area (Å²) in [6.45, 7) is 13.7. The maximum absolute atomic E-state index is 13.4. The number of primary amides is 1. The zero-order chi connectivity index (χ0) is 26.4. The predicted octanol–water partition coefficient (Wildman–Crippen LogP) is 3.49. The van der Waals surface area contributed by atoms with Crippen molar-refractivity contribution in [1.82, 2.24) is 20.4 Å². The van der Waals surface area contributed by atoms with E-state index < -0.39 is 11.1 Å². The number of carbonyl (C=O) groups excluding carboxylic acids is 3. The van der Waals surface area contributed by atoms with Crippen molar-refractivity contribution in [2.75, 3.05) is 6.61 Å². The summed E-state index contributed by atoms with van der Waals surface area (Å²) < 4.78 is 7.54. The molecule has 0 aliphatic heterocycles. The van der Waals surface area contributed by atoms with Gasteiger partial charge >= 0.3 is 0 Å². The summed E-state index contributed by atoms with van der Waals surface area (Å²) in [4.78, 5) is 36.7. The first-order chi connectivity index (χ1) is 16.3. The van der Waals surface area contributed by atoms with E-state index in [0.29, 0.717) is 30.9 Å². The fourth-order valence-electron chi connectivity index (χ4n) is 4.69. The fraction of sp³-hybridized carbons (Fsp3) is 0.692. The Labute approximate surface area is 209 Å². The third kappa shape index (κ3) is 7.83. The zero-order valence-electron chi connectivity index (χ0n) is 22.3. The van der Waals surface area contributed by atoms with Gasteiger partial charge in [-0.2, -0.15) is 5.10 Å². The molecule has 0 aromatic carbocycles. The molecule has 9 heteroatoms. The van der Waals surface area contributed by atoms with E-state index >= 15 is 0 Å². The maximum Gasteiger partial charge on any atom is 0.258 e. The Kier molecular flexibility index (Phi) is 9.52. The lowest BCUT2D eigenvalue weighted by molar-refractivity contribution is -0.122. The highest BCUT2D eigenvalue weighted by atomic mass is 16.5. The molecule has 0 spiro atoms. The van der Waals surface area contributed by atoms with Crippen LogP contribution in [0.2, 0.25) is 0 Å². The van der Waals surface area contributed by atoms with Crippen LogP contribution in [0.1, 0.15) is 90.9 Å². The molecule has 9 nitrogen and oxygen atoms in total. The molecule has 1 heterocycles. The molecular formula is C26H43N5O4. The molecule has 2 rings (SSSR count). The molecule has 1 unspecified atom stereocenters. The number of nitrogens with zero attached hydrogens (tertiary/aromatic N) is 2. The molecule has 1 aromatic heterocycles. The average Bonchev–Trinajstić information content (AvgIpc) is 3.30. The summed E-state index contributed by atoms with van der Waals surface area (Å²) in [7, 11) is 0. The summed E-state index contributed by atoms with van der Waals surface area (Å²) in [5.41, 5.74) is 4.89. The summed E-state index contributed by atoms with van der Waals surface area (Å²) >= 11 is 0. The molecule has 35 heavy (non-hydrogen) atoms. The number of hydrogen-bond acceptors (Lipinski definition) is 5. The zero-order valence-corrected chi connectivity index (χ0v) is 22.3. The van der Waals surface area contributed by atoms with Crippen LogP contribution in [0.15, 0.2) is 12.3 Å². The monoisotopic (exact) mass is 489 g/mol. The molecule has 3 atom stereocenters. The van der Waals surface area contributed by atoms with Gasteiger partial charge in [0.05, 0.1) is 18.3 Å². The average molecular weight is 490 g/mol. The molecule has 4 N–H and O–H groups in total. The SMILES string of the molecule is CC[C@H](CC1CCC[C@]1(C)NC(=O)c1cnn(/C=C/C(C)(C)NC(C)=O)c1OCC(C)C)C(N)=O. The normalized spacial score (nSPS) is 21.3. The minimum Gasteiger partial charge on any atom is -0.477 e. The van der Waals surface area contributed by atoms with E-state index in [4.69, 9.17) is 10.5 Å². The third-order valence-electron chi connectivity index (χ3n) is 6.69. The van der Waals surface area contributed by atoms with Gasteiger partial charge in [-0.15, -0.1) is 0 Å². The highest BCUT2D eigenvalue weighted by molar-refractivity contribution is 5.97. The minimum absolute atomic E-state index is 0.141. The lowest BCUT2D eigenvalue weighted by atomic mass is 9.81. The van der Waals surface area contributed by atoms with Crippen LogP contribution < -0.4 is 21.1 Å². The minimum atomic E-state index is -0.601. The van der Waals surface area contributed by atoms with E-state index in [1.807, 2.05) is 41.5 Å². The van der Waals surface area contributed by atoms with E-state index in [1.165, 1.54) is 17.8 Å². The fourth-order valence-corrected chi connectivity index (χ4v) is 4.69. The van der Waals surface area contributed by atoms with Crippen molar-refractivity contribution in [3.8, 4) is 5.88 Å². The topological polar surface area (TPSA) is 128 Å². The van der Waals surface area contributed by atoms with Crippen LogP contribution in [0.5, 0.6) is 5.88 Å². The van der Waals surface area contributed by atoms with Gasteiger partial charge in [0.15, 0.2) is 0 Å². The number of nitrogens with one attached hydrogen (secondary N) is 2. The largest absolute Gasteiger partial charge is 0.477 e.